The van der Waals surface area contributed by atoms with Crippen molar-refractivity contribution in [3.63, 3.8) is 0 Å². The predicted octanol–water partition coefficient (Wildman–Crippen LogP) is 9.09. The summed E-state index contributed by atoms with van der Waals surface area (Å²) in [6.07, 6.45) is 6.38. The molecule has 0 heteroatoms. The number of hydrogen-bond acceptors (Lipinski definition) is 0. The van der Waals surface area contributed by atoms with Crippen LogP contribution in [0.4, 0.5) is 0 Å². The second kappa shape index (κ2) is 11.2. The number of fused-ring (bicyclic) bond motifs is 1. The summed E-state index contributed by atoms with van der Waals surface area (Å²) in [7, 11) is 0. The first kappa shape index (κ1) is 26.9. The van der Waals surface area contributed by atoms with Crippen LogP contribution < -0.4 is 0 Å². The SMILES string of the molecule is C.C.C.C.C=CC1=C(/C=C\C)C(c2ccccc2)(c2ccccc2)c2ccccc21. The zero-order valence-corrected chi connectivity index (χ0v) is 15.0. The molecular weight excluding hydrogens is 360 g/mol. The van der Waals surface area contributed by atoms with Crippen LogP contribution in [0.2, 0.25) is 0 Å². The molecule has 158 valence electrons. The fraction of sp³-hybridized carbons (Fsp3) is 0.200. The van der Waals surface area contributed by atoms with E-state index in [2.05, 4.69) is 111 Å². The van der Waals surface area contributed by atoms with Crippen molar-refractivity contribution < 1.29 is 0 Å². The predicted molar refractivity (Wildman–Crippen MR) is 138 cm³/mol. The van der Waals surface area contributed by atoms with Crippen molar-refractivity contribution in [1.29, 1.82) is 0 Å². The summed E-state index contributed by atoms with van der Waals surface area (Å²) < 4.78 is 0. The van der Waals surface area contributed by atoms with Crippen LogP contribution in [-0.2, 0) is 5.41 Å². The monoisotopic (exact) mass is 398 g/mol. The third-order valence-electron chi connectivity index (χ3n) is 5.27. The molecule has 3 aromatic rings. The van der Waals surface area contributed by atoms with Gasteiger partial charge in [0.1, 0.15) is 0 Å². The summed E-state index contributed by atoms with van der Waals surface area (Å²) in [5.74, 6) is 0. The Morgan fingerprint density at radius 2 is 1.13 bits per heavy atom. The van der Waals surface area contributed by atoms with E-state index in [1.54, 1.807) is 0 Å². The molecule has 0 fully saturated rings. The molecule has 30 heavy (non-hydrogen) atoms. The molecule has 0 aromatic heterocycles. The minimum Gasteiger partial charge on any atom is -0.0984 e. The lowest BCUT2D eigenvalue weighted by atomic mass is 9.67. The molecule has 0 radical (unpaired) electrons. The summed E-state index contributed by atoms with van der Waals surface area (Å²) in [5, 5.41) is 0. The standard InChI is InChI=1S/C26H22.4CH4/c1-3-13-24-22(4-2)23-18-11-12-19-25(23)26(24,20-14-7-5-8-15-20)21-16-9-6-10-17-21;;;;/h3-19H,2H2,1H3;4*1H4/b13-3-;;;;. The minimum atomic E-state index is -0.324. The smallest absolute Gasteiger partial charge is 0.0713 e. The molecule has 0 spiro atoms. The Morgan fingerprint density at radius 1 is 0.667 bits per heavy atom. The van der Waals surface area contributed by atoms with Gasteiger partial charge in [-0.15, -0.1) is 0 Å². The van der Waals surface area contributed by atoms with Crippen molar-refractivity contribution in [3.05, 3.63) is 138 Å². The van der Waals surface area contributed by atoms with Gasteiger partial charge in [-0.1, -0.05) is 139 Å². The van der Waals surface area contributed by atoms with E-state index in [0.29, 0.717) is 0 Å². The largest absolute Gasteiger partial charge is 0.0984 e. The van der Waals surface area contributed by atoms with Crippen molar-refractivity contribution in [2.45, 2.75) is 42.0 Å². The molecule has 1 aliphatic rings. The molecule has 0 N–H and O–H groups in total. The van der Waals surface area contributed by atoms with Gasteiger partial charge in [0.05, 0.1) is 5.41 Å². The second-order valence-electron chi connectivity index (χ2n) is 6.56. The maximum Gasteiger partial charge on any atom is 0.0713 e. The second-order valence-corrected chi connectivity index (χ2v) is 6.56. The van der Waals surface area contributed by atoms with Crippen LogP contribution in [0.1, 0.15) is 58.9 Å². The van der Waals surface area contributed by atoms with Crippen molar-refractivity contribution in [2.24, 2.45) is 0 Å². The first-order valence-electron chi connectivity index (χ1n) is 9.04. The van der Waals surface area contributed by atoms with Gasteiger partial charge in [0.15, 0.2) is 0 Å². The number of hydrogen-bond donors (Lipinski definition) is 0. The van der Waals surface area contributed by atoms with Crippen LogP contribution in [0, 0.1) is 0 Å². The zero-order chi connectivity index (χ0) is 18.0. The lowest BCUT2D eigenvalue weighted by Gasteiger charge is -2.34. The quantitative estimate of drug-likeness (QED) is 0.411. The van der Waals surface area contributed by atoms with E-state index in [1.807, 2.05) is 6.08 Å². The van der Waals surface area contributed by atoms with Gasteiger partial charge < -0.3 is 0 Å². The third kappa shape index (κ3) is 3.83. The Kier molecular flexibility index (Phi) is 10.0. The van der Waals surface area contributed by atoms with E-state index in [9.17, 15) is 0 Å². The van der Waals surface area contributed by atoms with Gasteiger partial charge in [0, 0.05) is 0 Å². The summed E-state index contributed by atoms with van der Waals surface area (Å²) in [6.45, 7) is 6.22. The fourth-order valence-electron chi connectivity index (χ4n) is 4.30. The molecule has 4 rings (SSSR count). The molecule has 0 saturated heterocycles. The van der Waals surface area contributed by atoms with Crippen LogP contribution in [0.15, 0.2) is 115 Å². The first-order valence-corrected chi connectivity index (χ1v) is 9.04. The van der Waals surface area contributed by atoms with Gasteiger partial charge in [-0.3, -0.25) is 0 Å². The molecule has 0 nitrogen and oxygen atoms in total. The number of allylic oxidation sites excluding steroid dienone is 5. The summed E-state index contributed by atoms with van der Waals surface area (Å²) in [6, 6.07) is 30.3. The Hall–Kier alpha value is -3.12. The molecule has 0 bridgehead atoms. The molecule has 3 aromatic carbocycles. The van der Waals surface area contributed by atoms with Gasteiger partial charge in [-0.05, 0) is 40.3 Å². The minimum absolute atomic E-state index is 0. The summed E-state index contributed by atoms with van der Waals surface area (Å²) in [5.41, 5.74) is 7.32. The topological polar surface area (TPSA) is 0 Å². The Balaban J connectivity index is 0.00000210. The maximum absolute atomic E-state index is 4.14. The van der Waals surface area contributed by atoms with Crippen LogP contribution >= 0.6 is 0 Å². The average Bonchev–Trinajstić information content (AvgIpc) is 3.00. The Bertz CT molecular complexity index is 949. The molecule has 0 saturated carbocycles. The van der Waals surface area contributed by atoms with E-state index >= 15 is 0 Å². The van der Waals surface area contributed by atoms with E-state index in [0.717, 1.165) is 0 Å². The van der Waals surface area contributed by atoms with Gasteiger partial charge in [-0.2, -0.15) is 0 Å². The van der Waals surface area contributed by atoms with Crippen LogP contribution in [0.3, 0.4) is 0 Å². The molecule has 0 amide bonds. The van der Waals surface area contributed by atoms with Crippen molar-refractivity contribution in [3.8, 4) is 0 Å². The third-order valence-corrected chi connectivity index (χ3v) is 5.27. The zero-order valence-electron chi connectivity index (χ0n) is 15.0. The highest BCUT2D eigenvalue weighted by Gasteiger charge is 2.45. The summed E-state index contributed by atoms with van der Waals surface area (Å²) in [4.78, 5) is 0. The molecule has 0 unspecified atom stereocenters. The van der Waals surface area contributed by atoms with E-state index in [4.69, 9.17) is 0 Å². The number of benzene rings is 3. The lowest BCUT2D eigenvalue weighted by Crippen LogP contribution is -2.29. The van der Waals surface area contributed by atoms with Gasteiger partial charge >= 0.3 is 0 Å². The van der Waals surface area contributed by atoms with Crippen LogP contribution in [0.5, 0.6) is 0 Å². The van der Waals surface area contributed by atoms with E-state index in [1.165, 1.54) is 33.4 Å². The fourth-order valence-corrected chi connectivity index (χ4v) is 4.30. The van der Waals surface area contributed by atoms with Gasteiger partial charge in [-0.25, -0.2) is 0 Å². The molecular formula is C30H38. The molecule has 0 aliphatic heterocycles. The molecule has 1 aliphatic carbocycles. The molecule has 0 heterocycles. The Labute approximate surface area is 185 Å². The highest BCUT2D eigenvalue weighted by Crippen LogP contribution is 2.55. The van der Waals surface area contributed by atoms with Crippen molar-refractivity contribution in [2.75, 3.05) is 0 Å². The van der Waals surface area contributed by atoms with Crippen molar-refractivity contribution in [1.82, 2.24) is 0 Å². The normalized spacial score (nSPS) is 13.2. The lowest BCUT2D eigenvalue weighted by molar-refractivity contribution is 0.761. The highest BCUT2D eigenvalue weighted by atomic mass is 14.5. The first-order chi connectivity index (χ1) is 12.8. The van der Waals surface area contributed by atoms with E-state index in [-0.39, 0.29) is 35.1 Å². The van der Waals surface area contributed by atoms with Gasteiger partial charge in [0.2, 0.25) is 0 Å². The van der Waals surface area contributed by atoms with E-state index < -0.39 is 0 Å². The summed E-state index contributed by atoms with van der Waals surface area (Å²) >= 11 is 0. The maximum atomic E-state index is 4.14. The molecule has 0 atom stereocenters. The Morgan fingerprint density at radius 3 is 1.60 bits per heavy atom. The van der Waals surface area contributed by atoms with Crippen LogP contribution in [0.25, 0.3) is 5.57 Å². The average molecular weight is 399 g/mol. The number of rotatable bonds is 4. The van der Waals surface area contributed by atoms with Gasteiger partial charge in [0.25, 0.3) is 0 Å². The van der Waals surface area contributed by atoms with Crippen molar-refractivity contribution >= 4 is 5.57 Å². The highest BCUT2D eigenvalue weighted by molar-refractivity contribution is 5.91. The van der Waals surface area contributed by atoms with Crippen LogP contribution in [-0.4, -0.2) is 0 Å².